The minimum Gasteiger partial charge on any atom is -0.489 e. The first-order valence-corrected chi connectivity index (χ1v) is 9.46. The minimum atomic E-state index is 0.170. The third kappa shape index (κ3) is 4.99. The molecule has 0 aliphatic carbocycles. The Kier molecular flexibility index (Phi) is 6.53. The van der Waals surface area contributed by atoms with E-state index in [1.807, 2.05) is 53.4 Å². The Bertz CT molecular complexity index is 742. The lowest BCUT2D eigenvalue weighted by molar-refractivity contribution is -0.131. The van der Waals surface area contributed by atoms with Crippen molar-refractivity contribution in [3.63, 3.8) is 0 Å². The van der Waals surface area contributed by atoms with E-state index in [1.54, 1.807) is 0 Å². The molecule has 3 rings (SSSR count). The van der Waals surface area contributed by atoms with Gasteiger partial charge in [-0.2, -0.15) is 0 Å². The first-order chi connectivity index (χ1) is 12.7. The SMILES string of the molecule is NCC1CCN(C(=O)Cc2cccc(OCc3ccccc3Cl)c2)CC1. The van der Waals surface area contributed by atoms with E-state index in [2.05, 4.69) is 0 Å². The molecule has 5 heteroatoms. The lowest BCUT2D eigenvalue weighted by Crippen LogP contribution is -2.40. The van der Waals surface area contributed by atoms with Crippen LogP contribution in [0.2, 0.25) is 5.02 Å². The number of benzene rings is 2. The molecule has 2 aromatic carbocycles. The molecule has 1 heterocycles. The van der Waals surface area contributed by atoms with E-state index in [9.17, 15) is 4.79 Å². The Morgan fingerprint density at radius 3 is 2.65 bits per heavy atom. The second kappa shape index (κ2) is 9.06. The van der Waals surface area contributed by atoms with Crippen molar-refractivity contribution in [3.8, 4) is 5.75 Å². The van der Waals surface area contributed by atoms with Crippen LogP contribution in [0.5, 0.6) is 5.75 Å². The molecular weight excluding hydrogens is 348 g/mol. The fraction of sp³-hybridized carbons (Fsp3) is 0.381. The summed E-state index contributed by atoms with van der Waals surface area (Å²) in [6.07, 6.45) is 2.41. The molecule has 1 fully saturated rings. The van der Waals surface area contributed by atoms with E-state index in [1.165, 1.54) is 0 Å². The number of rotatable bonds is 6. The van der Waals surface area contributed by atoms with Crippen molar-refractivity contribution in [3.05, 3.63) is 64.7 Å². The van der Waals surface area contributed by atoms with Crippen LogP contribution >= 0.6 is 11.6 Å². The standard InChI is InChI=1S/C21H25ClN2O2/c22-20-7-2-1-5-18(20)15-26-19-6-3-4-17(12-19)13-21(25)24-10-8-16(14-23)9-11-24/h1-7,12,16H,8-11,13-15,23H2. The van der Waals surface area contributed by atoms with Crippen LogP contribution in [0.4, 0.5) is 0 Å². The predicted octanol–water partition coefficient (Wildman–Crippen LogP) is 3.66. The van der Waals surface area contributed by atoms with Crippen molar-refractivity contribution in [2.24, 2.45) is 11.7 Å². The molecular formula is C21H25ClN2O2. The van der Waals surface area contributed by atoms with Crippen LogP contribution in [0.15, 0.2) is 48.5 Å². The van der Waals surface area contributed by atoms with E-state index in [0.29, 0.717) is 30.5 Å². The van der Waals surface area contributed by atoms with Gasteiger partial charge >= 0.3 is 0 Å². The summed E-state index contributed by atoms with van der Waals surface area (Å²) in [5, 5.41) is 0.694. The second-order valence-electron chi connectivity index (χ2n) is 6.76. The van der Waals surface area contributed by atoms with Crippen LogP contribution in [0.25, 0.3) is 0 Å². The van der Waals surface area contributed by atoms with Gasteiger partial charge < -0.3 is 15.4 Å². The number of hydrogen-bond acceptors (Lipinski definition) is 3. The molecule has 0 aromatic heterocycles. The van der Waals surface area contributed by atoms with E-state index in [-0.39, 0.29) is 5.91 Å². The third-order valence-electron chi connectivity index (χ3n) is 4.91. The van der Waals surface area contributed by atoms with Crippen LogP contribution < -0.4 is 10.5 Å². The highest BCUT2D eigenvalue weighted by atomic mass is 35.5. The molecule has 0 spiro atoms. The van der Waals surface area contributed by atoms with Gasteiger partial charge in [-0.3, -0.25) is 4.79 Å². The molecule has 0 saturated carbocycles. The highest BCUT2D eigenvalue weighted by molar-refractivity contribution is 6.31. The van der Waals surface area contributed by atoms with Gasteiger partial charge in [-0.05, 0) is 49.1 Å². The number of hydrogen-bond donors (Lipinski definition) is 1. The molecule has 0 bridgehead atoms. The fourth-order valence-corrected chi connectivity index (χ4v) is 3.42. The average Bonchev–Trinajstić information content (AvgIpc) is 2.68. The molecule has 2 aromatic rings. The molecule has 138 valence electrons. The Labute approximate surface area is 159 Å². The summed E-state index contributed by atoms with van der Waals surface area (Å²) in [5.41, 5.74) is 7.63. The summed E-state index contributed by atoms with van der Waals surface area (Å²) in [6, 6.07) is 15.3. The molecule has 26 heavy (non-hydrogen) atoms. The van der Waals surface area contributed by atoms with E-state index >= 15 is 0 Å². The molecule has 1 amide bonds. The molecule has 2 N–H and O–H groups in total. The van der Waals surface area contributed by atoms with Gasteiger partial charge in [0.15, 0.2) is 0 Å². The summed E-state index contributed by atoms with van der Waals surface area (Å²) in [4.78, 5) is 14.5. The summed E-state index contributed by atoms with van der Waals surface area (Å²) < 4.78 is 5.85. The van der Waals surface area contributed by atoms with Gasteiger partial charge in [0, 0.05) is 23.7 Å². The fourth-order valence-electron chi connectivity index (χ4n) is 3.23. The highest BCUT2D eigenvalue weighted by Gasteiger charge is 2.21. The van der Waals surface area contributed by atoms with Crippen LogP contribution in [0, 0.1) is 5.92 Å². The van der Waals surface area contributed by atoms with Gasteiger partial charge in [-0.15, -0.1) is 0 Å². The Hall–Kier alpha value is -2.04. The van der Waals surface area contributed by atoms with Crippen molar-refractivity contribution in [2.75, 3.05) is 19.6 Å². The van der Waals surface area contributed by atoms with Gasteiger partial charge in [0.05, 0.1) is 6.42 Å². The molecule has 0 atom stereocenters. The van der Waals surface area contributed by atoms with Crippen molar-refractivity contribution >= 4 is 17.5 Å². The number of likely N-dealkylation sites (tertiary alicyclic amines) is 1. The maximum atomic E-state index is 12.5. The van der Waals surface area contributed by atoms with Crippen LogP contribution in [0.3, 0.4) is 0 Å². The quantitative estimate of drug-likeness (QED) is 0.841. The lowest BCUT2D eigenvalue weighted by Gasteiger charge is -2.31. The second-order valence-corrected chi connectivity index (χ2v) is 7.17. The first-order valence-electron chi connectivity index (χ1n) is 9.08. The van der Waals surface area contributed by atoms with Gasteiger partial charge in [0.2, 0.25) is 5.91 Å². The first kappa shape index (κ1) is 18.7. The zero-order valence-corrected chi connectivity index (χ0v) is 15.6. The van der Waals surface area contributed by atoms with Crippen molar-refractivity contribution < 1.29 is 9.53 Å². The molecule has 1 aliphatic heterocycles. The Balaban J connectivity index is 1.55. The number of nitrogens with zero attached hydrogens (tertiary/aromatic N) is 1. The molecule has 0 radical (unpaired) electrons. The number of piperidine rings is 1. The molecule has 4 nitrogen and oxygen atoms in total. The minimum absolute atomic E-state index is 0.170. The number of carbonyl (C=O) groups excluding carboxylic acids is 1. The number of amides is 1. The predicted molar refractivity (Wildman–Crippen MR) is 104 cm³/mol. The van der Waals surface area contributed by atoms with Gasteiger partial charge in [0.1, 0.15) is 12.4 Å². The maximum Gasteiger partial charge on any atom is 0.226 e. The third-order valence-corrected chi connectivity index (χ3v) is 5.28. The van der Waals surface area contributed by atoms with E-state index in [0.717, 1.165) is 42.8 Å². The zero-order valence-electron chi connectivity index (χ0n) is 14.9. The Morgan fingerprint density at radius 2 is 1.92 bits per heavy atom. The Morgan fingerprint density at radius 1 is 1.15 bits per heavy atom. The summed E-state index contributed by atoms with van der Waals surface area (Å²) in [7, 11) is 0. The van der Waals surface area contributed by atoms with Crippen LogP contribution in [-0.2, 0) is 17.8 Å². The lowest BCUT2D eigenvalue weighted by atomic mass is 9.96. The smallest absolute Gasteiger partial charge is 0.226 e. The van der Waals surface area contributed by atoms with Gasteiger partial charge in [0.25, 0.3) is 0 Å². The van der Waals surface area contributed by atoms with Crippen LogP contribution in [0.1, 0.15) is 24.0 Å². The molecule has 1 saturated heterocycles. The molecule has 1 aliphatic rings. The van der Waals surface area contributed by atoms with Gasteiger partial charge in [-0.25, -0.2) is 0 Å². The number of carbonyl (C=O) groups is 1. The largest absolute Gasteiger partial charge is 0.489 e. The summed E-state index contributed by atoms with van der Waals surface area (Å²) in [5.74, 6) is 1.47. The van der Waals surface area contributed by atoms with E-state index < -0.39 is 0 Å². The summed E-state index contributed by atoms with van der Waals surface area (Å²) >= 11 is 6.16. The topological polar surface area (TPSA) is 55.6 Å². The normalized spacial score (nSPS) is 15.1. The van der Waals surface area contributed by atoms with Crippen molar-refractivity contribution in [1.82, 2.24) is 4.90 Å². The van der Waals surface area contributed by atoms with Gasteiger partial charge in [-0.1, -0.05) is 41.9 Å². The van der Waals surface area contributed by atoms with Crippen LogP contribution in [-0.4, -0.2) is 30.4 Å². The number of ether oxygens (including phenoxy) is 1. The zero-order chi connectivity index (χ0) is 18.4. The maximum absolute atomic E-state index is 12.5. The monoisotopic (exact) mass is 372 g/mol. The van der Waals surface area contributed by atoms with Crippen molar-refractivity contribution in [2.45, 2.75) is 25.9 Å². The summed E-state index contributed by atoms with van der Waals surface area (Å²) in [6.45, 7) is 2.74. The van der Waals surface area contributed by atoms with E-state index in [4.69, 9.17) is 22.1 Å². The van der Waals surface area contributed by atoms with Crippen molar-refractivity contribution in [1.29, 1.82) is 0 Å². The number of halogens is 1. The highest BCUT2D eigenvalue weighted by Crippen LogP contribution is 2.21. The molecule has 0 unspecified atom stereocenters. The number of nitrogens with two attached hydrogens (primary N) is 1. The average molecular weight is 373 g/mol.